The molecule has 2 N–H and O–H groups in total. The van der Waals surface area contributed by atoms with Crippen LogP contribution in [-0.4, -0.2) is 19.0 Å². The van der Waals surface area contributed by atoms with Crippen LogP contribution in [0.4, 0.5) is 5.69 Å². The Morgan fingerprint density at radius 1 is 1.20 bits per heavy atom. The Labute approximate surface area is 90.9 Å². The van der Waals surface area contributed by atoms with Gasteiger partial charge in [-0.15, -0.1) is 0 Å². The molecular weight excluding hydrogens is 188 g/mol. The van der Waals surface area contributed by atoms with Gasteiger partial charge in [0.05, 0.1) is 0 Å². The van der Waals surface area contributed by atoms with E-state index in [1.807, 2.05) is 37.3 Å². The molecule has 0 atom stereocenters. The van der Waals surface area contributed by atoms with Gasteiger partial charge >= 0.3 is 0 Å². The van der Waals surface area contributed by atoms with E-state index < -0.39 is 0 Å². The first-order valence-corrected chi connectivity index (χ1v) is 5.38. The lowest BCUT2D eigenvalue weighted by molar-refractivity contribution is -0.120. The zero-order chi connectivity index (χ0) is 10.9. The minimum absolute atomic E-state index is 0.120. The number of nitrogens with one attached hydrogen (secondary N) is 2. The summed E-state index contributed by atoms with van der Waals surface area (Å²) in [5.74, 6) is 0.120. The maximum Gasteiger partial charge on any atom is 0.219 e. The molecule has 0 unspecified atom stereocenters. The number of hydrogen-bond donors (Lipinski definition) is 2. The maximum absolute atomic E-state index is 10.9. The Balaban J connectivity index is 2.05. The van der Waals surface area contributed by atoms with Gasteiger partial charge in [-0.3, -0.25) is 4.79 Å². The first-order valence-electron chi connectivity index (χ1n) is 5.38. The van der Waals surface area contributed by atoms with Gasteiger partial charge in [-0.05, 0) is 18.6 Å². The summed E-state index contributed by atoms with van der Waals surface area (Å²) in [7, 11) is 0. The van der Waals surface area contributed by atoms with Gasteiger partial charge in [-0.2, -0.15) is 0 Å². The molecule has 0 fully saturated rings. The van der Waals surface area contributed by atoms with Gasteiger partial charge in [0.15, 0.2) is 0 Å². The summed E-state index contributed by atoms with van der Waals surface area (Å²) in [6.07, 6.45) is 1.51. The van der Waals surface area contributed by atoms with Gasteiger partial charge in [0.1, 0.15) is 0 Å². The van der Waals surface area contributed by atoms with E-state index in [1.165, 1.54) is 0 Å². The van der Waals surface area contributed by atoms with E-state index in [9.17, 15) is 4.79 Å². The predicted octanol–water partition coefficient (Wildman–Crippen LogP) is 2.01. The molecule has 1 aromatic rings. The highest BCUT2D eigenvalue weighted by Crippen LogP contribution is 2.03. The van der Waals surface area contributed by atoms with Crippen LogP contribution < -0.4 is 10.6 Å². The van der Waals surface area contributed by atoms with Crippen molar-refractivity contribution in [3.63, 3.8) is 0 Å². The van der Waals surface area contributed by atoms with Crippen molar-refractivity contribution in [3.05, 3.63) is 30.3 Å². The number of benzene rings is 1. The lowest BCUT2D eigenvalue weighted by Gasteiger charge is -2.06. The molecule has 1 aromatic carbocycles. The van der Waals surface area contributed by atoms with E-state index in [0.29, 0.717) is 6.42 Å². The van der Waals surface area contributed by atoms with Gasteiger partial charge in [-0.1, -0.05) is 25.1 Å². The SMILES string of the molecule is CCC(=O)NCCCNc1ccccc1. The molecule has 0 bridgehead atoms. The van der Waals surface area contributed by atoms with E-state index in [4.69, 9.17) is 0 Å². The Hall–Kier alpha value is -1.51. The van der Waals surface area contributed by atoms with Gasteiger partial charge < -0.3 is 10.6 Å². The molecule has 0 radical (unpaired) electrons. The van der Waals surface area contributed by atoms with Crippen LogP contribution in [0.1, 0.15) is 19.8 Å². The number of para-hydroxylation sites is 1. The summed E-state index contributed by atoms with van der Waals surface area (Å²) in [6.45, 7) is 3.48. The van der Waals surface area contributed by atoms with E-state index >= 15 is 0 Å². The second kappa shape index (κ2) is 6.87. The number of anilines is 1. The van der Waals surface area contributed by atoms with Gasteiger partial charge in [0.2, 0.25) is 5.91 Å². The number of rotatable bonds is 6. The van der Waals surface area contributed by atoms with E-state index in [0.717, 1.165) is 25.2 Å². The first-order chi connectivity index (χ1) is 7.33. The molecule has 0 saturated carbocycles. The van der Waals surface area contributed by atoms with Crippen LogP contribution in [0.2, 0.25) is 0 Å². The maximum atomic E-state index is 10.9. The number of carbonyl (C=O) groups excluding carboxylic acids is 1. The fraction of sp³-hybridized carbons (Fsp3) is 0.417. The highest BCUT2D eigenvalue weighted by molar-refractivity contribution is 5.75. The largest absolute Gasteiger partial charge is 0.385 e. The predicted molar refractivity (Wildman–Crippen MR) is 62.8 cm³/mol. The molecule has 0 aliphatic heterocycles. The van der Waals surface area contributed by atoms with Gasteiger partial charge in [-0.25, -0.2) is 0 Å². The Bertz CT molecular complexity index is 285. The van der Waals surface area contributed by atoms with Crippen LogP contribution in [-0.2, 0) is 4.79 Å². The second-order valence-corrected chi connectivity index (χ2v) is 3.35. The van der Waals surface area contributed by atoms with Crippen molar-refractivity contribution in [1.82, 2.24) is 5.32 Å². The molecule has 82 valence electrons. The smallest absolute Gasteiger partial charge is 0.219 e. The molecule has 1 amide bonds. The minimum atomic E-state index is 0.120. The molecule has 0 saturated heterocycles. The van der Waals surface area contributed by atoms with Crippen LogP contribution >= 0.6 is 0 Å². The standard InChI is InChI=1S/C12H18N2O/c1-2-12(15)14-10-6-9-13-11-7-4-3-5-8-11/h3-5,7-8,13H,2,6,9-10H2,1H3,(H,14,15). The fourth-order valence-corrected chi connectivity index (χ4v) is 1.23. The fourth-order valence-electron chi connectivity index (χ4n) is 1.23. The normalized spacial score (nSPS) is 9.67. The summed E-state index contributed by atoms with van der Waals surface area (Å²) in [5.41, 5.74) is 1.12. The highest BCUT2D eigenvalue weighted by Gasteiger charge is 1.94. The average Bonchev–Trinajstić information content (AvgIpc) is 2.29. The van der Waals surface area contributed by atoms with Crippen LogP contribution in [0.5, 0.6) is 0 Å². The van der Waals surface area contributed by atoms with Crippen LogP contribution in [0.3, 0.4) is 0 Å². The number of hydrogen-bond acceptors (Lipinski definition) is 2. The minimum Gasteiger partial charge on any atom is -0.385 e. The number of carbonyl (C=O) groups is 1. The summed E-state index contributed by atoms with van der Waals surface area (Å²) >= 11 is 0. The molecule has 0 aliphatic rings. The average molecular weight is 206 g/mol. The Morgan fingerprint density at radius 3 is 2.60 bits per heavy atom. The zero-order valence-electron chi connectivity index (χ0n) is 9.12. The summed E-state index contributed by atoms with van der Waals surface area (Å²) in [5, 5.41) is 6.12. The second-order valence-electron chi connectivity index (χ2n) is 3.35. The monoisotopic (exact) mass is 206 g/mol. The van der Waals surface area contributed by atoms with Crippen molar-refractivity contribution < 1.29 is 4.79 Å². The van der Waals surface area contributed by atoms with Gasteiger partial charge in [0, 0.05) is 25.2 Å². The molecule has 15 heavy (non-hydrogen) atoms. The van der Waals surface area contributed by atoms with Crippen molar-refractivity contribution >= 4 is 11.6 Å². The lowest BCUT2D eigenvalue weighted by atomic mass is 10.3. The third-order valence-corrected chi connectivity index (χ3v) is 2.10. The molecule has 0 heterocycles. The quantitative estimate of drug-likeness (QED) is 0.699. The molecule has 3 heteroatoms. The first kappa shape index (κ1) is 11.6. The molecule has 0 aliphatic carbocycles. The molecule has 3 nitrogen and oxygen atoms in total. The Kier molecular flexibility index (Phi) is 5.30. The lowest BCUT2D eigenvalue weighted by Crippen LogP contribution is -2.24. The highest BCUT2D eigenvalue weighted by atomic mass is 16.1. The van der Waals surface area contributed by atoms with Crippen LogP contribution in [0.15, 0.2) is 30.3 Å². The van der Waals surface area contributed by atoms with Crippen LogP contribution in [0.25, 0.3) is 0 Å². The number of amides is 1. The molecule has 1 rings (SSSR count). The van der Waals surface area contributed by atoms with E-state index in [1.54, 1.807) is 0 Å². The summed E-state index contributed by atoms with van der Waals surface area (Å²) in [4.78, 5) is 10.9. The van der Waals surface area contributed by atoms with Crippen molar-refractivity contribution in [3.8, 4) is 0 Å². The zero-order valence-corrected chi connectivity index (χ0v) is 9.12. The van der Waals surface area contributed by atoms with Crippen LogP contribution in [0, 0.1) is 0 Å². The topological polar surface area (TPSA) is 41.1 Å². The van der Waals surface area contributed by atoms with Crippen molar-refractivity contribution in [2.45, 2.75) is 19.8 Å². The molecule has 0 spiro atoms. The third-order valence-electron chi connectivity index (χ3n) is 2.10. The van der Waals surface area contributed by atoms with Crippen molar-refractivity contribution in [2.75, 3.05) is 18.4 Å². The Morgan fingerprint density at radius 2 is 1.93 bits per heavy atom. The van der Waals surface area contributed by atoms with E-state index in [-0.39, 0.29) is 5.91 Å². The molecular formula is C12H18N2O. The van der Waals surface area contributed by atoms with E-state index in [2.05, 4.69) is 10.6 Å². The molecule has 0 aromatic heterocycles. The summed E-state index contributed by atoms with van der Waals surface area (Å²) in [6, 6.07) is 10.1. The van der Waals surface area contributed by atoms with Crippen molar-refractivity contribution in [1.29, 1.82) is 0 Å². The van der Waals surface area contributed by atoms with Gasteiger partial charge in [0.25, 0.3) is 0 Å². The van der Waals surface area contributed by atoms with Crippen molar-refractivity contribution in [2.24, 2.45) is 0 Å². The third kappa shape index (κ3) is 5.05. The summed E-state index contributed by atoms with van der Waals surface area (Å²) < 4.78 is 0.